The molecule has 0 atom stereocenters. The monoisotopic (exact) mass is 288 g/mol. The third-order valence-corrected chi connectivity index (χ3v) is 2.85. The molecule has 2 aliphatic heterocycles. The molecular weight excluding hydrogens is 272 g/mol. The van der Waals surface area contributed by atoms with Gasteiger partial charge in [-0.15, -0.1) is 0 Å². The van der Waals surface area contributed by atoms with Crippen LogP contribution in [0.1, 0.15) is 13.8 Å². The molecule has 0 bridgehead atoms. The Morgan fingerprint density at radius 1 is 1.15 bits per heavy atom. The van der Waals surface area contributed by atoms with E-state index in [0.717, 1.165) is 4.90 Å². The zero-order valence-electron chi connectivity index (χ0n) is 11.0. The predicted molar refractivity (Wildman–Crippen MR) is 63.9 cm³/mol. The summed E-state index contributed by atoms with van der Waals surface area (Å²) in [5.74, 6) is -0.765. The lowest BCUT2D eigenvalue weighted by molar-refractivity contribution is -0.134. The summed E-state index contributed by atoms with van der Waals surface area (Å²) in [4.78, 5) is 44.5. The maximum Gasteiger partial charge on any atom is 0.331 e. The van der Waals surface area contributed by atoms with Crippen LogP contribution >= 0.6 is 0 Å². The number of hydrogen-bond acceptors (Lipinski definition) is 6. The number of aliphatic hydroxyl groups is 2. The lowest BCUT2D eigenvalue weighted by atomic mass is 10.1. The third kappa shape index (κ3) is 2.86. The number of carbonyl (C=O) groups excluding carboxylic acids is 4. The summed E-state index contributed by atoms with van der Waals surface area (Å²) in [6.07, 6.45) is 0. The van der Waals surface area contributed by atoms with E-state index < -0.39 is 37.0 Å². The van der Waals surface area contributed by atoms with Crippen molar-refractivity contribution in [1.82, 2.24) is 20.4 Å². The molecule has 4 N–H and O–H groups in total. The van der Waals surface area contributed by atoms with Crippen molar-refractivity contribution in [2.24, 2.45) is 0 Å². The van der Waals surface area contributed by atoms with Gasteiger partial charge in [0, 0.05) is 0 Å². The molecule has 0 aromatic rings. The van der Waals surface area contributed by atoms with Crippen LogP contribution < -0.4 is 10.6 Å². The van der Waals surface area contributed by atoms with E-state index in [-0.39, 0.29) is 12.5 Å². The molecule has 0 unspecified atom stereocenters. The van der Waals surface area contributed by atoms with E-state index in [0.29, 0.717) is 4.90 Å². The average molecular weight is 288 g/mol. The molecular formula is C10H16N4O6. The Kier molecular flexibility index (Phi) is 4.63. The Bertz CT molecular complexity index is 435. The van der Waals surface area contributed by atoms with Crippen LogP contribution in [-0.4, -0.2) is 69.4 Å². The average Bonchev–Trinajstić information content (AvgIpc) is 2.81. The molecule has 2 saturated heterocycles. The fourth-order valence-corrected chi connectivity index (χ4v) is 1.65. The highest BCUT2D eigenvalue weighted by Crippen LogP contribution is 2.25. The minimum Gasteiger partial charge on any atom is -0.376 e. The van der Waals surface area contributed by atoms with Gasteiger partial charge in [-0.3, -0.25) is 19.8 Å². The smallest absolute Gasteiger partial charge is 0.331 e. The number of nitrogens with zero attached hydrogens (tertiary/aromatic N) is 2. The molecule has 6 amide bonds. The zero-order chi connectivity index (χ0) is 15.5. The second-order valence-corrected chi connectivity index (χ2v) is 4.52. The highest BCUT2D eigenvalue weighted by Gasteiger charge is 2.50. The maximum absolute atomic E-state index is 11.4. The molecule has 0 radical (unpaired) electrons. The summed E-state index contributed by atoms with van der Waals surface area (Å²) in [5, 5.41) is 21.9. The lowest BCUT2D eigenvalue weighted by Crippen LogP contribution is -2.44. The van der Waals surface area contributed by atoms with Gasteiger partial charge in [0.15, 0.2) is 0 Å². The fourth-order valence-electron chi connectivity index (χ4n) is 1.65. The van der Waals surface area contributed by atoms with E-state index >= 15 is 0 Å². The van der Waals surface area contributed by atoms with E-state index in [1.54, 1.807) is 0 Å². The molecule has 10 heteroatoms. The molecule has 0 spiro atoms. The van der Waals surface area contributed by atoms with Crippen LogP contribution in [0.15, 0.2) is 0 Å². The van der Waals surface area contributed by atoms with Gasteiger partial charge in [0.2, 0.25) is 5.91 Å². The molecule has 0 saturated carbocycles. The summed E-state index contributed by atoms with van der Waals surface area (Å²) in [7, 11) is 0. The maximum atomic E-state index is 11.4. The van der Waals surface area contributed by atoms with Gasteiger partial charge in [-0.1, -0.05) is 0 Å². The van der Waals surface area contributed by atoms with E-state index in [1.165, 1.54) is 13.8 Å². The highest BCUT2D eigenvalue weighted by molar-refractivity contribution is 6.06. The second-order valence-electron chi connectivity index (χ2n) is 4.52. The van der Waals surface area contributed by atoms with Crippen molar-refractivity contribution in [3.05, 3.63) is 0 Å². The van der Waals surface area contributed by atoms with Gasteiger partial charge in [-0.25, -0.2) is 14.5 Å². The van der Waals surface area contributed by atoms with Crippen LogP contribution in [-0.2, 0) is 9.59 Å². The van der Waals surface area contributed by atoms with Gasteiger partial charge in [0.25, 0.3) is 5.91 Å². The van der Waals surface area contributed by atoms with Gasteiger partial charge in [0.05, 0.1) is 6.54 Å². The van der Waals surface area contributed by atoms with E-state index in [2.05, 4.69) is 5.32 Å². The number of hydrogen-bond donors (Lipinski definition) is 4. The standard InChI is InChI=1S/C7H12N2O4.C3H4N2O2/c1-7(2)5(12)8(3-10)6(13)9(7)4-11;6-2-1-4-3(7)5-2/h10-11H,3-4H2,1-2H3;1H2,(H2,4,5,6,7). The molecule has 2 heterocycles. The van der Waals surface area contributed by atoms with Gasteiger partial charge in [-0.05, 0) is 13.8 Å². The number of carbonyl (C=O) groups is 4. The Hall–Kier alpha value is -2.20. The molecule has 0 aromatic heterocycles. The lowest BCUT2D eigenvalue weighted by Gasteiger charge is -2.24. The molecule has 20 heavy (non-hydrogen) atoms. The van der Waals surface area contributed by atoms with Crippen LogP contribution in [0, 0.1) is 0 Å². The Morgan fingerprint density at radius 3 is 1.95 bits per heavy atom. The molecule has 2 aliphatic rings. The van der Waals surface area contributed by atoms with Crippen molar-refractivity contribution in [2.45, 2.75) is 19.4 Å². The Labute approximate surface area is 114 Å². The predicted octanol–water partition coefficient (Wildman–Crippen LogP) is -2.25. The number of urea groups is 2. The number of amides is 6. The SMILES string of the molecule is CC1(C)C(=O)N(CO)C(=O)N1CO.O=C1CNC(=O)N1. The minimum atomic E-state index is -1.07. The fraction of sp³-hybridized carbons (Fsp3) is 0.600. The van der Waals surface area contributed by atoms with Gasteiger partial charge in [0.1, 0.15) is 19.0 Å². The first-order chi connectivity index (χ1) is 9.25. The number of nitrogens with one attached hydrogen (secondary N) is 2. The van der Waals surface area contributed by atoms with Crippen molar-refractivity contribution in [1.29, 1.82) is 0 Å². The van der Waals surface area contributed by atoms with Crippen LogP contribution in [0.4, 0.5) is 9.59 Å². The molecule has 10 nitrogen and oxygen atoms in total. The largest absolute Gasteiger partial charge is 0.376 e. The number of rotatable bonds is 2. The van der Waals surface area contributed by atoms with Gasteiger partial charge >= 0.3 is 12.1 Å². The normalized spacial score (nSPS) is 20.6. The molecule has 2 fully saturated rings. The summed E-state index contributed by atoms with van der Waals surface area (Å²) in [6.45, 7) is 1.96. The van der Waals surface area contributed by atoms with Gasteiger partial charge in [-0.2, -0.15) is 0 Å². The van der Waals surface area contributed by atoms with Crippen molar-refractivity contribution >= 4 is 23.9 Å². The summed E-state index contributed by atoms with van der Waals surface area (Å²) in [5.41, 5.74) is -1.07. The third-order valence-electron chi connectivity index (χ3n) is 2.85. The zero-order valence-corrected chi connectivity index (χ0v) is 11.0. The first kappa shape index (κ1) is 15.9. The highest BCUT2D eigenvalue weighted by atomic mass is 16.3. The minimum absolute atomic E-state index is 0.124. The first-order valence-electron chi connectivity index (χ1n) is 5.68. The van der Waals surface area contributed by atoms with E-state index in [1.807, 2.05) is 5.32 Å². The van der Waals surface area contributed by atoms with Crippen LogP contribution in [0.25, 0.3) is 0 Å². The molecule has 0 aliphatic carbocycles. The quantitative estimate of drug-likeness (QED) is 0.423. The van der Waals surface area contributed by atoms with Crippen molar-refractivity contribution < 1.29 is 29.4 Å². The first-order valence-corrected chi connectivity index (χ1v) is 5.68. The number of imide groups is 2. The van der Waals surface area contributed by atoms with Crippen molar-refractivity contribution in [3.8, 4) is 0 Å². The van der Waals surface area contributed by atoms with Crippen LogP contribution in [0.2, 0.25) is 0 Å². The second kappa shape index (κ2) is 5.84. The van der Waals surface area contributed by atoms with Crippen molar-refractivity contribution in [3.63, 3.8) is 0 Å². The molecule has 2 rings (SSSR count). The summed E-state index contributed by atoms with van der Waals surface area (Å²) < 4.78 is 0. The molecule has 0 aromatic carbocycles. The van der Waals surface area contributed by atoms with E-state index in [4.69, 9.17) is 10.2 Å². The Morgan fingerprint density at radius 2 is 1.75 bits per heavy atom. The summed E-state index contributed by atoms with van der Waals surface area (Å²) >= 11 is 0. The van der Waals surface area contributed by atoms with Crippen LogP contribution in [0.5, 0.6) is 0 Å². The van der Waals surface area contributed by atoms with E-state index in [9.17, 15) is 19.2 Å². The van der Waals surface area contributed by atoms with Gasteiger partial charge < -0.3 is 15.5 Å². The molecule has 112 valence electrons. The Balaban J connectivity index is 0.000000240. The summed E-state index contributed by atoms with van der Waals surface area (Å²) in [6, 6.07) is -1.06. The number of aliphatic hydroxyl groups excluding tert-OH is 2. The van der Waals surface area contributed by atoms with Crippen LogP contribution in [0.3, 0.4) is 0 Å². The topological polar surface area (TPSA) is 139 Å². The van der Waals surface area contributed by atoms with Crippen molar-refractivity contribution in [2.75, 3.05) is 20.0 Å².